The quantitative estimate of drug-likeness (QED) is 0.206. The highest BCUT2D eigenvalue weighted by Crippen LogP contribution is 2.26. The van der Waals surface area contributed by atoms with Gasteiger partial charge in [-0.25, -0.2) is 8.78 Å². The Labute approximate surface area is 234 Å². The van der Waals surface area contributed by atoms with E-state index >= 15 is 0 Å². The van der Waals surface area contributed by atoms with E-state index in [0.29, 0.717) is 38.0 Å². The molecule has 0 radical (unpaired) electrons. The lowest BCUT2D eigenvalue weighted by Gasteiger charge is -2.03. The monoisotopic (exact) mass is 581 g/mol. The number of fused-ring (bicyclic) bond motifs is 2. The van der Waals surface area contributed by atoms with E-state index in [1.165, 1.54) is 18.2 Å². The van der Waals surface area contributed by atoms with Crippen LogP contribution in [-0.4, -0.2) is 22.1 Å². The van der Waals surface area contributed by atoms with E-state index in [1.54, 1.807) is 42.5 Å². The van der Waals surface area contributed by atoms with Crippen molar-refractivity contribution < 1.29 is 27.4 Å². The Hall–Kier alpha value is -4.80. The minimum Gasteiger partial charge on any atom is -0.354 e. The standard InChI is InChI=1S/C14H8Cl2N2O2.C14H8F2N2O2/c15-10-6-5-8(7-11(10)16)14(19)17-13-9-3-1-2-4-12(9)20-18-13;15-10-6-3-5-9(12(10)16)14(19)17-13-8-4-1-2-7-11(8)20-18-13/h2*1-7H,(H,17,18,19)/i17+1;. The second-order valence-electron chi connectivity index (χ2n) is 8.19. The summed E-state index contributed by atoms with van der Waals surface area (Å²) in [5, 5.41) is 14.6. The number of nitrogens with one attached hydrogen (secondary N) is 2. The largest absolute Gasteiger partial charge is 0.354 e. The summed E-state index contributed by atoms with van der Waals surface area (Å²) in [6, 6.07) is 22.2. The van der Waals surface area contributed by atoms with Crippen LogP contribution in [0, 0.1) is 11.6 Å². The summed E-state index contributed by atoms with van der Waals surface area (Å²) >= 11 is 11.7. The summed E-state index contributed by atoms with van der Waals surface area (Å²) in [4.78, 5) is 24.1. The number of nitrogens with zero attached hydrogens (tertiary/aromatic N) is 2. The van der Waals surface area contributed by atoms with Crippen molar-refractivity contribution in [3.05, 3.63) is 118 Å². The van der Waals surface area contributed by atoms with Crippen molar-refractivity contribution in [3.8, 4) is 0 Å². The van der Waals surface area contributed by atoms with E-state index in [1.807, 2.05) is 18.2 Å². The van der Waals surface area contributed by atoms with Crippen molar-refractivity contribution in [1.82, 2.24) is 10.3 Å². The Morgan fingerprint density at radius 1 is 0.675 bits per heavy atom. The first-order valence-corrected chi connectivity index (χ1v) is 12.3. The van der Waals surface area contributed by atoms with Crippen LogP contribution < -0.4 is 10.6 Å². The van der Waals surface area contributed by atoms with Crippen LogP contribution in [0.4, 0.5) is 20.4 Å². The van der Waals surface area contributed by atoms with Gasteiger partial charge in [-0.15, -0.1) is 0 Å². The zero-order chi connectivity index (χ0) is 28.2. The number of carbonyl (C=O) groups is 2. The van der Waals surface area contributed by atoms with Gasteiger partial charge in [0.2, 0.25) is 0 Å². The van der Waals surface area contributed by atoms with Crippen molar-refractivity contribution >= 4 is 68.6 Å². The molecule has 0 fully saturated rings. The van der Waals surface area contributed by atoms with Crippen LogP contribution in [0.2, 0.25) is 10.0 Å². The third kappa shape index (κ3) is 5.63. The van der Waals surface area contributed by atoms with Gasteiger partial charge in [0, 0.05) is 5.56 Å². The van der Waals surface area contributed by atoms with E-state index in [2.05, 4.69) is 20.9 Å². The number of rotatable bonds is 4. The molecule has 6 aromatic rings. The number of hydrogen-bond acceptors (Lipinski definition) is 6. The topological polar surface area (TPSA) is 110 Å². The number of para-hydroxylation sites is 2. The van der Waals surface area contributed by atoms with Crippen molar-refractivity contribution in [1.29, 1.82) is 0 Å². The van der Waals surface area contributed by atoms with Gasteiger partial charge in [-0.05, 0) is 54.6 Å². The van der Waals surface area contributed by atoms with Gasteiger partial charge in [-0.2, -0.15) is 0 Å². The van der Waals surface area contributed by atoms with Crippen LogP contribution >= 0.6 is 23.2 Å². The number of benzene rings is 4. The molecule has 40 heavy (non-hydrogen) atoms. The Balaban J connectivity index is 0.000000161. The Morgan fingerprint density at radius 2 is 1.25 bits per heavy atom. The molecule has 0 aliphatic heterocycles. The molecule has 8 nitrogen and oxygen atoms in total. The van der Waals surface area contributed by atoms with Crippen LogP contribution in [0.25, 0.3) is 21.9 Å². The molecule has 200 valence electrons. The summed E-state index contributed by atoms with van der Waals surface area (Å²) in [5.74, 6) is -2.87. The lowest BCUT2D eigenvalue weighted by molar-refractivity contribution is 0.101. The van der Waals surface area contributed by atoms with Crippen LogP contribution in [0.5, 0.6) is 0 Å². The molecule has 0 bridgehead atoms. The summed E-state index contributed by atoms with van der Waals surface area (Å²) in [5.41, 5.74) is 1.10. The molecular weight excluding hydrogens is 566 g/mol. The predicted octanol–water partition coefficient (Wildman–Crippen LogP) is 7.75. The lowest BCUT2D eigenvalue weighted by Crippen LogP contribution is -2.14. The minimum absolute atomic E-state index is 0.161. The maximum Gasteiger partial charge on any atom is 0.260 e. The van der Waals surface area contributed by atoms with Crippen molar-refractivity contribution in [2.45, 2.75) is 0 Å². The highest BCUT2D eigenvalue weighted by molar-refractivity contribution is 6.42. The van der Waals surface area contributed by atoms with E-state index < -0.39 is 23.1 Å². The van der Waals surface area contributed by atoms with Crippen molar-refractivity contribution in [2.24, 2.45) is 0 Å². The average molecular weight is 582 g/mol. The van der Waals surface area contributed by atoms with Crippen LogP contribution in [0.1, 0.15) is 20.7 Å². The van der Waals surface area contributed by atoms with Gasteiger partial charge in [0.1, 0.15) is 0 Å². The normalized spacial score (nSPS) is 10.7. The molecule has 12 heteroatoms. The number of carbonyl (C=O) groups excluding carboxylic acids is 2. The molecule has 0 saturated heterocycles. The van der Waals surface area contributed by atoms with Gasteiger partial charge in [-0.1, -0.05) is 63.8 Å². The molecule has 0 atom stereocenters. The fourth-order valence-corrected chi connectivity index (χ4v) is 3.92. The van der Waals surface area contributed by atoms with Gasteiger partial charge in [0.15, 0.2) is 34.4 Å². The van der Waals surface area contributed by atoms with Gasteiger partial charge < -0.3 is 19.7 Å². The summed E-state index contributed by atoms with van der Waals surface area (Å²) < 4.78 is 36.7. The highest BCUT2D eigenvalue weighted by Gasteiger charge is 2.18. The number of aromatic nitrogens is 2. The van der Waals surface area contributed by atoms with Gasteiger partial charge in [0.05, 0.1) is 26.4 Å². The summed E-state index contributed by atoms with van der Waals surface area (Å²) in [6.07, 6.45) is 0. The minimum atomic E-state index is -1.20. The van der Waals surface area contributed by atoms with Crippen LogP contribution in [0.15, 0.2) is 94.0 Å². The molecule has 6 rings (SSSR count). The lowest BCUT2D eigenvalue weighted by atomic mass is 10.2. The number of halogens is 4. The zero-order valence-corrected chi connectivity index (χ0v) is 21.6. The summed E-state index contributed by atoms with van der Waals surface area (Å²) in [6.45, 7) is 0. The third-order valence-electron chi connectivity index (χ3n) is 5.60. The first-order chi connectivity index (χ1) is 19.3. The van der Waals surface area contributed by atoms with Crippen molar-refractivity contribution in [2.75, 3.05) is 10.6 Å². The Morgan fingerprint density at radius 3 is 1.85 bits per heavy atom. The fraction of sp³-hybridized carbons (Fsp3) is 0. The molecule has 2 aromatic heterocycles. The third-order valence-corrected chi connectivity index (χ3v) is 6.34. The number of amides is 2. The van der Waals surface area contributed by atoms with Gasteiger partial charge >= 0.3 is 0 Å². The maximum absolute atomic E-state index is 13.5. The molecule has 0 unspecified atom stereocenters. The Bertz CT molecular complexity index is 1870. The van der Waals surface area contributed by atoms with E-state index in [0.717, 1.165) is 11.5 Å². The molecule has 0 saturated carbocycles. The smallest absolute Gasteiger partial charge is 0.260 e. The predicted molar refractivity (Wildman–Crippen MR) is 147 cm³/mol. The zero-order valence-electron chi connectivity index (χ0n) is 20.1. The number of anilines is 2. The second-order valence-corrected chi connectivity index (χ2v) is 9.01. The SMILES string of the molecule is O=C(Nc1noc2ccccc12)c1cccc(F)c1F.O=C([15NH]c1noc2ccccc12)c1ccc(Cl)c(Cl)c1. The molecular formula is C28H16Cl2F2N4O4. The highest BCUT2D eigenvalue weighted by atomic mass is 35.5. The first kappa shape index (κ1) is 26.8. The van der Waals surface area contributed by atoms with E-state index in [4.69, 9.17) is 32.2 Å². The van der Waals surface area contributed by atoms with E-state index in [9.17, 15) is 18.4 Å². The molecule has 2 N–H and O–H groups in total. The maximum atomic E-state index is 13.5. The molecule has 2 heterocycles. The van der Waals surface area contributed by atoms with Crippen LogP contribution in [0.3, 0.4) is 0 Å². The fourth-order valence-electron chi connectivity index (χ4n) is 3.62. The van der Waals surface area contributed by atoms with E-state index in [-0.39, 0.29) is 11.7 Å². The number of hydrogen-bond donors (Lipinski definition) is 2. The van der Waals surface area contributed by atoms with Crippen LogP contribution in [-0.2, 0) is 0 Å². The van der Waals surface area contributed by atoms with Gasteiger partial charge in [-0.3, -0.25) is 9.59 Å². The van der Waals surface area contributed by atoms with Crippen molar-refractivity contribution in [3.63, 3.8) is 0 Å². The molecule has 0 aliphatic rings. The molecule has 0 aliphatic carbocycles. The second kappa shape index (κ2) is 11.5. The Kier molecular flexibility index (Phi) is 7.72. The average Bonchev–Trinajstić information content (AvgIpc) is 3.56. The molecule has 2 amide bonds. The molecule has 0 spiro atoms. The van der Waals surface area contributed by atoms with Gasteiger partial charge in [0.25, 0.3) is 11.8 Å². The molecule has 4 aromatic carbocycles. The first-order valence-electron chi connectivity index (χ1n) is 11.5. The summed E-state index contributed by atoms with van der Waals surface area (Å²) in [7, 11) is 0.